The van der Waals surface area contributed by atoms with Crippen molar-refractivity contribution in [1.82, 2.24) is 9.55 Å². The summed E-state index contributed by atoms with van der Waals surface area (Å²) in [5, 5.41) is 3.58. The van der Waals surface area contributed by atoms with Crippen LogP contribution in [0.4, 0.5) is 10.3 Å². The highest BCUT2D eigenvalue weighted by Crippen LogP contribution is 2.41. The fourth-order valence-electron chi connectivity index (χ4n) is 4.31. The SMILES string of the molecule is CC(C)c1ccc([C@@H]2C[C@H](c3ccc(F)cc3)Nc3nc4ccccc4n32)cc1. The van der Waals surface area contributed by atoms with Crippen molar-refractivity contribution in [3.8, 4) is 0 Å². The number of para-hydroxylation sites is 2. The first-order chi connectivity index (χ1) is 14.1. The summed E-state index contributed by atoms with van der Waals surface area (Å²) in [6, 6.07) is 24.2. The van der Waals surface area contributed by atoms with Gasteiger partial charge in [-0.05, 0) is 53.3 Å². The first kappa shape index (κ1) is 17.9. The van der Waals surface area contributed by atoms with E-state index in [2.05, 4.69) is 60.1 Å². The Balaban J connectivity index is 1.62. The largest absolute Gasteiger partial charge is 0.349 e. The molecule has 2 atom stereocenters. The Labute approximate surface area is 170 Å². The molecular formula is C25H24FN3. The van der Waals surface area contributed by atoms with Crippen LogP contribution < -0.4 is 5.32 Å². The van der Waals surface area contributed by atoms with Crippen molar-refractivity contribution in [3.05, 3.63) is 95.3 Å². The van der Waals surface area contributed by atoms with Crippen molar-refractivity contribution in [2.24, 2.45) is 0 Å². The molecule has 0 unspecified atom stereocenters. The number of halogens is 1. The van der Waals surface area contributed by atoms with Gasteiger partial charge in [-0.3, -0.25) is 0 Å². The molecule has 1 aromatic heterocycles. The molecule has 146 valence electrons. The van der Waals surface area contributed by atoms with Gasteiger partial charge in [-0.1, -0.05) is 62.4 Å². The van der Waals surface area contributed by atoms with Crippen LogP contribution in [0.5, 0.6) is 0 Å². The minimum atomic E-state index is -0.211. The van der Waals surface area contributed by atoms with Gasteiger partial charge in [-0.25, -0.2) is 9.37 Å². The summed E-state index contributed by atoms with van der Waals surface area (Å²) >= 11 is 0. The third-order valence-electron chi connectivity index (χ3n) is 5.93. The molecule has 0 spiro atoms. The van der Waals surface area contributed by atoms with E-state index in [9.17, 15) is 4.39 Å². The predicted molar refractivity (Wildman–Crippen MR) is 116 cm³/mol. The molecule has 1 N–H and O–H groups in total. The standard InChI is InChI=1S/C25H24FN3/c1-16(2)17-7-9-19(10-8-17)24-15-22(18-11-13-20(26)14-12-18)28-25-27-21-5-3-4-6-23(21)29(24)25/h3-14,16,22,24H,15H2,1-2H3,(H,27,28)/t22-,24+/m1/s1. The second kappa shape index (κ2) is 7.03. The number of hydrogen-bond donors (Lipinski definition) is 1. The Morgan fingerprint density at radius 1 is 0.931 bits per heavy atom. The third-order valence-corrected chi connectivity index (χ3v) is 5.93. The summed E-state index contributed by atoms with van der Waals surface area (Å²) in [6.45, 7) is 4.43. The van der Waals surface area contributed by atoms with Crippen LogP contribution in [0, 0.1) is 5.82 Å². The van der Waals surface area contributed by atoms with E-state index in [1.807, 2.05) is 24.3 Å². The lowest BCUT2D eigenvalue weighted by Crippen LogP contribution is -2.27. The maximum absolute atomic E-state index is 13.4. The number of anilines is 1. The van der Waals surface area contributed by atoms with E-state index in [1.165, 1.54) is 23.3 Å². The number of fused-ring (bicyclic) bond motifs is 3. The highest BCUT2D eigenvalue weighted by Gasteiger charge is 2.31. The highest BCUT2D eigenvalue weighted by molar-refractivity contribution is 5.79. The molecule has 3 nitrogen and oxygen atoms in total. The van der Waals surface area contributed by atoms with Gasteiger partial charge in [0.05, 0.1) is 23.1 Å². The Hall–Kier alpha value is -3.14. The molecular weight excluding hydrogens is 361 g/mol. The van der Waals surface area contributed by atoms with E-state index in [0.717, 1.165) is 29.0 Å². The summed E-state index contributed by atoms with van der Waals surface area (Å²) in [5.74, 6) is 1.16. The van der Waals surface area contributed by atoms with E-state index in [4.69, 9.17) is 4.98 Å². The van der Waals surface area contributed by atoms with Crippen LogP contribution in [0.3, 0.4) is 0 Å². The van der Waals surface area contributed by atoms with Crippen molar-refractivity contribution in [2.45, 2.75) is 38.3 Å². The first-order valence-electron chi connectivity index (χ1n) is 10.2. The van der Waals surface area contributed by atoms with Gasteiger partial charge in [0, 0.05) is 0 Å². The lowest BCUT2D eigenvalue weighted by atomic mass is 9.91. The average molecular weight is 385 g/mol. The molecule has 4 heteroatoms. The molecule has 29 heavy (non-hydrogen) atoms. The Morgan fingerprint density at radius 2 is 1.62 bits per heavy atom. The molecule has 0 amide bonds. The fourth-order valence-corrected chi connectivity index (χ4v) is 4.31. The number of hydrogen-bond acceptors (Lipinski definition) is 2. The molecule has 4 aromatic rings. The zero-order valence-electron chi connectivity index (χ0n) is 16.6. The fraction of sp³-hybridized carbons (Fsp3) is 0.240. The lowest BCUT2D eigenvalue weighted by molar-refractivity contribution is 0.477. The zero-order chi connectivity index (χ0) is 20.0. The average Bonchev–Trinajstić information content (AvgIpc) is 3.12. The Kier molecular flexibility index (Phi) is 4.35. The molecule has 0 fully saturated rings. The zero-order valence-corrected chi connectivity index (χ0v) is 16.6. The van der Waals surface area contributed by atoms with E-state index in [0.29, 0.717) is 5.92 Å². The number of imidazole rings is 1. The highest BCUT2D eigenvalue weighted by atomic mass is 19.1. The minimum absolute atomic E-state index is 0.0784. The van der Waals surface area contributed by atoms with E-state index in [1.54, 1.807) is 0 Å². The van der Waals surface area contributed by atoms with Crippen LogP contribution >= 0.6 is 0 Å². The van der Waals surface area contributed by atoms with Gasteiger partial charge in [0.25, 0.3) is 0 Å². The topological polar surface area (TPSA) is 29.9 Å². The van der Waals surface area contributed by atoms with Crippen molar-refractivity contribution in [1.29, 1.82) is 0 Å². The summed E-state index contributed by atoms with van der Waals surface area (Å²) in [7, 11) is 0. The Morgan fingerprint density at radius 3 is 2.34 bits per heavy atom. The maximum atomic E-state index is 13.4. The first-order valence-corrected chi connectivity index (χ1v) is 10.2. The van der Waals surface area contributed by atoms with Crippen LogP contribution in [0.2, 0.25) is 0 Å². The van der Waals surface area contributed by atoms with Gasteiger partial charge in [0.15, 0.2) is 0 Å². The van der Waals surface area contributed by atoms with Crippen molar-refractivity contribution >= 4 is 17.0 Å². The minimum Gasteiger partial charge on any atom is -0.349 e. The van der Waals surface area contributed by atoms with E-state index in [-0.39, 0.29) is 17.9 Å². The normalized spacial score (nSPS) is 18.6. The van der Waals surface area contributed by atoms with Crippen LogP contribution in [0.15, 0.2) is 72.8 Å². The molecule has 5 rings (SSSR count). The monoisotopic (exact) mass is 385 g/mol. The van der Waals surface area contributed by atoms with Gasteiger partial charge >= 0.3 is 0 Å². The number of rotatable bonds is 3. The van der Waals surface area contributed by atoms with Gasteiger partial charge in [0.1, 0.15) is 5.82 Å². The summed E-state index contributed by atoms with van der Waals surface area (Å²) in [6.07, 6.45) is 0.875. The molecule has 0 bridgehead atoms. The lowest BCUT2D eigenvalue weighted by Gasteiger charge is -2.33. The number of aromatic nitrogens is 2. The van der Waals surface area contributed by atoms with Crippen LogP contribution in [-0.4, -0.2) is 9.55 Å². The summed E-state index contributed by atoms with van der Waals surface area (Å²) < 4.78 is 15.7. The molecule has 0 radical (unpaired) electrons. The number of benzene rings is 3. The van der Waals surface area contributed by atoms with Crippen LogP contribution in [-0.2, 0) is 0 Å². The molecule has 3 aromatic carbocycles. The second-order valence-electron chi connectivity index (χ2n) is 8.12. The van der Waals surface area contributed by atoms with Gasteiger partial charge in [0.2, 0.25) is 5.95 Å². The van der Waals surface area contributed by atoms with Gasteiger partial charge in [-0.2, -0.15) is 0 Å². The predicted octanol–water partition coefficient (Wildman–Crippen LogP) is 6.45. The summed E-state index contributed by atoms with van der Waals surface area (Å²) in [5.41, 5.74) is 5.80. The second-order valence-corrected chi connectivity index (χ2v) is 8.12. The van der Waals surface area contributed by atoms with Crippen molar-refractivity contribution < 1.29 is 4.39 Å². The third kappa shape index (κ3) is 3.19. The number of nitrogens with one attached hydrogen (secondary N) is 1. The van der Waals surface area contributed by atoms with Crippen molar-refractivity contribution in [3.63, 3.8) is 0 Å². The molecule has 1 aliphatic heterocycles. The molecule has 1 aliphatic rings. The van der Waals surface area contributed by atoms with Gasteiger partial charge in [-0.15, -0.1) is 0 Å². The van der Waals surface area contributed by atoms with E-state index < -0.39 is 0 Å². The Bertz CT molecular complexity index is 1140. The molecule has 2 heterocycles. The maximum Gasteiger partial charge on any atom is 0.204 e. The van der Waals surface area contributed by atoms with Crippen molar-refractivity contribution in [2.75, 3.05) is 5.32 Å². The quantitative estimate of drug-likeness (QED) is 0.439. The molecule has 0 aliphatic carbocycles. The molecule has 0 saturated carbocycles. The van der Waals surface area contributed by atoms with Crippen LogP contribution in [0.1, 0.15) is 55.0 Å². The van der Waals surface area contributed by atoms with Crippen LogP contribution in [0.25, 0.3) is 11.0 Å². The summed E-state index contributed by atoms with van der Waals surface area (Å²) in [4.78, 5) is 4.85. The number of nitrogens with zero attached hydrogens (tertiary/aromatic N) is 2. The molecule has 0 saturated heterocycles. The van der Waals surface area contributed by atoms with E-state index >= 15 is 0 Å². The smallest absolute Gasteiger partial charge is 0.204 e. The van der Waals surface area contributed by atoms with Gasteiger partial charge < -0.3 is 9.88 Å².